The number of aryl methyl sites for hydroxylation is 1. The number of aromatic nitrogens is 1. The smallest absolute Gasteiger partial charge is 0.146 e. The van der Waals surface area contributed by atoms with Crippen molar-refractivity contribution in [3.05, 3.63) is 30.2 Å². The molecule has 1 saturated carbocycles. The van der Waals surface area contributed by atoms with Crippen molar-refractivity contribution >= 4 is 10.9 Å². The minimum Gasteiger partial charge on any atom is -0.491 e. The fourth-order valence-corrected chi connectivity index (χ4v) is 3.46. The summed E-state index contributed by atoms with van der Waals surface area (Å²) in [6.45, 7) is 3.65. The summed E-state index contributed by atoms with van der Waals surface area (Å²) in [4.78, 5) is 0. The molecule has 1 aromatic heterocycles. The van der Waals surface area contributed by atoms with E-state index in [-0.39, 0.29) is 5.82 Å². The van der Waals surface area contributed by atoms with Gasteiger partial charge in [0.05, 0.1) is 12.1 Å². The molecule has 1 aliphatic carbocycles. The van der Waals surface area contributed by atoms with E-state index in [1.54, 1.807) is 6.07 Å². The van der Waals surface area contributed by atoms with Crippen molar-refractivity contribution in [2.45, 2.75) is 52.0 Å². The maximum atomic E-state index is 13.7. The van der Waals surface area contributed by atoms with E-state index in [0.717, 1.165) is 29.8 Å². The minimum absolute atomic E-state index is 0.219. The van der Waals surface area contributed by atoms with Gasteiger partial charge in [-0.15, -0.1) is 0 Å². The predicted molar refractivity (Wildman–Crippen MR) is 84.3 cm³/mol. The Hall–Kier alpha value is -1.51. The third-order valence-electron chi connectivity index (χ3n) is 4.64. The van der Waals surface area contributed by atoms with Crippen LogP contribution in [0.5, 0.6) is 5.75 Å². The van der Waals surface area contributed by atoms with Gasteiger partial charge in [0.1, 0.15) is 11.6 Å². The highest BCUT2D eigenvalue weighted by Crippen LogP contribution is 2.30. The monoisotopic (exact) mass is 289 g/mol. The standard InChI is InChI=1S/C18H24FNO/c1-2-20-10-8-15-12-16(19)13-17(18(15)20)21-11-9-14-6-4-3-5-7-14/h8,10,12-14H,2-7,9,11H2,1H3. The van der Waals surface area contributed by atoms with Crippen LogP contribution in [0.3, 0.4) is 0 Å². The Labute approximate surface area is 125 Å². The van der Waals surface area contributed by atoms with Crippen molar-refractivity contribution in [3.8, 4) is 5.75 Å². The molecule has 1 aliphatic rings. The van der Waals surface area contributed by atoms with Crippen LogP contribution in [-0.2, 0) is 6.54 Å². The number of fused-ring (bicyclic) bond motifs is 1. The predicted octanol–water partition coefficient (Wildman–Crippen LogP) is 5.15. The second-order valence-corrected chi connectivity index (χ2v) is 6.08. The lowest BCUT2D eigenvalue weighted by Gasteiger charge is -2.21. The number of ether oxygens (including phenoxy) is 1. The fourth-order valence-electron chi connectivity index (χ4n) is 3.46. The van der Waals surface area contributed by atoms with E-state index in [2.05, 4.69) is 11.5 Å². The zero-order valence-corrected chi connectivity index (χ0v) is 12.8. The number of benzene rings is 1. The van der Waals surface area contributed by atoms with Gasteiger partial charge in [-0.05, 0) is 31.4 Å². The van der Waals surface area contributed by atoms with Crippen LogP contribution < -0.4 is 4.74 Å². The molecule has 3 heteroatoms. The average Bonchev–Trinajstić information content (AvgIpc) is 2.91. The van der Waals surface area contributed by atoms with Gasteiger partial charge in [-0.3, -0.25) is 0 Å². The van der Waals surface area contributed by atoms with Crippen LogP contribution in [0.4, 0.5) is 4.39 Å². The van der Waals surface area contributed by atoms with E-state index in [0.29, 0.717) is 12.4 Å². The number of hydrogen-bond acceptors (Lipinski definition) is 1. The number of halogens is 1. The van der Waals surface area contributed by atoms with Crippen LogP contribution in [0.2, 0.25) is 0 Å². The number of nitrogens with zero attached hydrogens (tertiary/aromatic N) is 1. The molecule has 0 saturated heterocycles. The minimum atomic E-state index is -0.219. The first-order chi connectivity index (χ1) is 10.3. The molecule has 21 heavy (non-hydrogen) atoms. The zero-order valence-electron chi connectivity index (χ0n) is 12.8. The molecule has 0 aliphatic heterocycles. The summed E-state index contributed by atoms with van der Waals surface area (Å²) in [6.07, 6.45) is 9.83. The van der Waals surface area contributed by atoms with Gasteiger partial charge in [-0.2, -0.15) is 0 Å². The van der Waals surface area contributed by atoms with Crippen molar-refractivity contribution in [3.63, 3.8) is 0 Å². The molecule has 114 valence electrons. The lowest BCUT2D eigenvalue weighted by atomic mass is 9.87. The van der Waals surface area contributed by atoms with Crippen LogP contribution in [0.15, 0.2) is 24.4 Å². The Balaban J connectivity index is 1.71. The summed E-state index contributed by atoms with van der Waals surface area (Å²) in [7, 11) is 0. The van der Waals surface area contributed by atoms with Gasteiger partial charge in [0.25, 0.3) is 0 Å². The molecule has 3 rings (SSSR count). The second-order valence-electron chi connectivity index (χ2n) is 6.08. The highest BCUT2D eigenvalue weighted by Gasteiger charge is 2.14. The van der Waals surface area contributed by atoms with Crippen molar-refractivity contribution in [2.75, 3.05) is 6.61 Å². The molecule has 1 heterocycles. The molecular formula is C18H24FNO. The molecule has 0 spiro atoms. The number of hydrogen-bond donors (Lipinski definition) is 0. The fraction of sp³-hybridized carbons (Fsp3) is 0.556. The third-order valence-corrected chi connectivity index (χ3v) is 4.64. The molecular weight excluding hydrogens is 265 g/mol. The topological polar surface area (TPSA) is 14.2 Å². The quantitative estimate of drug-likeness (QED) is 0.742. The Morgan fingerprint density at radius 1 is 1.24 bits per heavy atom. The van der Waals surface area contributed by atoms with Crippen LogP contribution in [0.1, 0.15) is 45.4 Å². The second kappa shape index (κ2) is 6.50. The van der Waals surface area contributed by atoms with Crippen molar-refractivity contribution in [1.82, 2.24) is 4.57 Å². The average molecular weight is 289 g/mol. The highest BCUT2D eigenvalue weighted by atomic mass is 19.1. The Morgan fingerprint density at radius 2 is 2.05 bits per heavy atom. The molecule has 0 unspecified atom stereocenters. The van der Waals surface area contributed by atoms with Crippen LogP contribution >= 0.6 is 0 Å². The largest absolute Gasteiger partial charge is 0.491 e. The van der Waals surface area contributed by atoms with Gasteiger partial charge >= 0.3 is 0 Å². The summed E-state index contributed by atoms with van der Waals surface area (Å²) >= 11 is 0. The molecule has 2 nitrogen and oxygen atoms in total. The van der Waals surface area contributed by atoms with Crippen molar-refractivity contribution < 1.29 is 9.13 Å². The molecule has 0 N–H and O–H groups in total. The van der Waals surface area contributed by atoms with Gasteiger partial charge in [0.15, 0.2) is 0 Å². The lowest BCUT2D eigenvalue weighted by Crippen LogP contribution is -2.11. The summed E-state index contributed by atoms with van der Waals surface area (Å²) in [5.41, 5.74) is 1.02. The molecule has 2 aromatic rings. The van der Waals surface area contributed by atoms with E-state index in [1.807, 2.05) is 12.3 Å². The van der Waals surface area contributed by atoms with Gasteiger partial charge in [0, 0.05) is 24.2 Å². The van der Waals surface area contributed by atoms with Crippen molar-refractivity contribution in [2.24, 2.45) is 5.92 Å². The maximum absolute atomic E-state index is 13.7. The van der Waals surface area contributed by atoms with Crippen LogP contribution in [0, 0.1) is 11.7 Å². The summed E-state index contributed by atoms with van der Waals surface area (Å²) in [5.74, 6) is 1.26. The first-order valence-corrected chi connectivity index (χ1v) is 8.19. The van der Waals surface area contributed by atoms with E-state index >= 15 is 0 Å². The highest BCUT2D eigenvalue weighted by molar-refractivity contribution is 5.86. The SMILES string of the molecule is CCn1ccc2cc(F)cc(OCCC3CCCCC3)c21. The van der Waals surface area contributed by atoms with Gasteiger partial charge in [0.2, 0.25) is 0 Å². The molecule has 0 atom stereocenters. The molecule has 1 aromatic carbocycles. The zero-order chi connectivity index (χ0) is 14.7. The van der Waals surface area contributed by atoms with Gasteiger partial charge < -0.3 is 9.30 Å². The lowest BCUT2D eigenvalue weighted by molar-refractivity contribution is 0.247. The maximum Gasteiger partial charge on any atom is 0.146 e. The van der Waals surface area contributed by atoms with E-state index in [1.165, 1.54) is 38.2 Å². The summed E-state index contributed by atoms with van der Waals surface area (Å²) in [5, 5.41) is 0.921. The van der Waals surface area contributed by atoms with Crippen LogP contribution in [-0.4, -0.2) is 11.2 Å². The molecule has 0 bridgehead atoms. The normalized spacial score (nSPS) is 16.5. The summed E-state index contributed by atoms with van der Waals surface area (Å²) < 4.78 is 21.8. The van der Waals surface area contributed by atoms with Crippen LogP contribution in [0.25, 0.3) is 10.9 Å². The molecule has 0 amide bonds. The first kappa shape index (κ1) is 14.4. The summed E-state index contributed by atoms with van der Waals surface area (Å²) in [6, 6.07) is 5.06. The van der Waals surface area contributed by atoms with Crippen molar-refractivity contribution in [1.29, 1.82) is 0 Å². The first-order valence-electron chi connectivity index (χ1n) is 8.19. The van der Waals surface area contributed by atoms with Gasteiger partial charge in [-0.1, -0.05) is 32.1 Å². The van der Waals surface area contributed by atoms with Gasteiger partial charge in [-0.25, -0.2) is 4.39 Å². The molecule has 1 fully saturated rings. The Morgan fingerprint density at radius 3 is 2.81 bits per heavy atom. The molecule has 0 radical (unpaired) electrons. The Bertz CT molecular complexity index is 599. The van der Waals surface area contributed by atoms with E-state index in [9.17, 15) is 4.39 Å². The number of rotatable bonds is 5. The van der Waals surface area contributed by atoms with E-state index in [4.69, 9.17) is 4.74 Å². The third kappa shape index (κ3) is 3.22. The van der Waals surface area contributed by atoms with E-state index < -0.39 is 0 Å². The Kier molecular flexibility index (Phi) is 4.47.